The molecule has 0 fully saturated rings. The van der Waals surface area contributed by atoms with Crippen molar-refractivity contribution < 1.29 is 4.39 Å². The van der Waals surface area contributed by atoms with Crippen molar-refractivity contribution in [3.63, 3.8) is 0 Å². The molecule has 84 valence electrons. The van der Waals surface area contributed by atoms with Crippen LogP contribution >= 0.6 is 11.3 Å². The quantitative estimate of drug-likeness (QED) is 0.891. The molecule has 0 amide bonds. The number of nitrogens with zero attached hydrogens (tertiary/aromatic N) is 2. The van der Waals surface area contributed by atoms with Gasteiger partial charge in [0.05, 0.1) is 12.2 Å². The Bertz CT molecular complexity index is 466. The summed E-state index contributed by atoms with van der Waals surface area (Å²) in [6.45, 7) is 3.96. The Labute approximate surface area is 97.4 Å². The number of aromatic nitrogens is 2. The Hall–Kier alpha value is -1.49. The van der Waals surface area contributed by atoms with Crippen LogP contribution in [0.5, 0.6) is 0 Å². The molecule has 2 aromatic rings. The highest BCUT2D eigenvalue weighted by Crippen LogP contribution is 2.21. The largest absolute Gasteiger partial charge is 0.361 e. The minimum atomic E-state index is -0.330. The van der Waals surface area contributed by atoms with Crippen LogP contribution in [0.1, 0.15) is 23.7 Å². The second-order valence-corrected chi connectivity index (χ2v) is 4.44. The summed E-state index contributed by atoms with van der Waals surface area (Å²) in [6, 6.07) is 3.08. The summed E-state index contributed by atoms with van der Waals surface area (Å²) in [5.41, 5.74) is 1.01. The molecule has 0 spiro atoms. The third-order valence-corrected chi connectivity index (χ3v) is 3.24. The van der Waals surface area contributed by atoms with Crippen LogP contribution in [0.2, 0.25) is 0 Å². The van der Waals surface area contributed by atoms with Crippen LogP contribution < -0.4 is 5.32 Å². The lowest BCUT2D eigenvalue weighted by Gasteiger charge is -2.11. The number of thiazole rings is 1. The van der Waals surface area contributed by atoms with Gasteiger partial charge in [0.25, 0.3) is 0 Å². The van der Waals surface area contributed by atoms with E-state index in [-0.39, 0.29) is 11.9 Å². The maximum Gasteiger partial charge on any atom is 0.141 e. The molecule has 0 saturated heterocycles. The number of pyridine rings is 1. The van der Waals surface area contributed by atoms with E-state index in [1.165, 1.54) is 12.3 Å². The van der Waals surface area contributed by atoms with Crippen LogP contribution in [0.15, 0.2) is 23.7 Å². The Morgan fingerprint density at radius 3 is 2.81 bits per heavy atom. The van der Waals surface area contributed by atoms with Crippen LogP contribution in [0.4, 0.5) is 10.2 Å². The Morgan fingerprint density at radius 2 is 2.25 bits per heavy atom. The van der Waals surface area contributed by atoms with E-state index in [1.807, 2.05) is 19.2 Å². The summed E-state index contributed by atoms with van der Waals surface area (Å²) in [5.74, 6) is 0.324. The smallest absolute Gasteiger partial charge is 0.141 e. The minimum absolute atomic E-state index is 0.0802. The fourth-order valence-electron chi connectivity index (χ4n) is 1.32. The first kappa shape index (κ1) is 11.0. The van der Waals surface area contributed by atoms with E-state index in [9.17, 15) is 4.39 Å². The average molecular weight is 237 g/mol. The third-order valence-electron chi connectivity index (χ3n) is 2.10. The average Bonchev–Trinajstić information content (AvgIpc) is 2.68. The van der Waals surface area contributed by atoms with Gasteiger partial charge in [-0.1, -0.05) is 0 Å². The van der Waals surface area contributed by atoms with E-state index < -0.39 is 0 Å². The molecule has 0 aliphatic heterocycles. The van der Waals surface area contributed by atoms with Gasteiger partial charge in [-0.05, 0) is 26.0 Å². The zero-order valence-electron chi connectivity index (χ0n) is 9.07. The van der Waals surface area contributed by atoms with Crippen molar-refractivity contribution in [3.8, 4) is 0 Å². The summed E-state index contributed by atoms with van der Waals surface area (Å²) in [6.07, 6.45) is 1.20. The lowest BCUT2D eigenvalue weighted by Crippen LogP contribution is -2.07. The Balaban J connectivity index is 2.07. The molecule has 1 atom stereocenters. The van der Waals surface area contributed by atoms with E-state index in [2.05, 4.69) is 15.3 Å². The molecule has 2 heterocycles. The lowest BCUT2D eigenvalue weighted by molar-refractivity contribution is 0.621. The monoisotopic (exact) mass is 237 g/mol. The molecule has 16 heavy (non-hydrogen) atoms. The molecule has 1 unspecified atom stereocenters. The van der Waals surface area contributed by atoms with Crippen molar-refractivity contribution in [2.24, 2.45) is 0 Å². The van der Waals surface area contributed by atoms with Crippen molar-refractivity contribution >= 4 is 17.2 Å². The zero-order valence-corrected chi connectivity index (χ0v) is 9.88. The van der Waals surface area contributed by atoms with Gasteiger partial charge < -0.3 is 5.32 Å². The van der Waals surface area contributed by atoms with Crippen molar-refractivity contribution in [2.75, 3.05) is 5.32 Å². The first-order valence-electron chi connectivity index (χ1n) is 4.95. The number of anilines is 1. The third kappa shape index (κ3) is 2.55. The van der Waals surface area contributed by atoms with E-state index >= 15 is 0 Å². The first-order valence-corrected chi connectivity index (χ1v) is 5.83. The molecular formula is C11H12FN3S. The predicted octanol–water partition coefficient (Wildman–Crippen LogP) is 3.16. The van der Waals surface area contributed by atoms with Crippen LogP contribution in [0.3, 0.4) is 0 Å². The Kier molecular flexibility index (Phi) is 3.14. The van der Waals surface area contributed by atoms with Gasteiger partial charge in [0.1, 0.15) is 16.6 Å². The van der Waals surface area contributed by atoms with E-state index in [1.54, 1.807) is 17.4 Å². The van der Waals surface area contributed by atoms with Gasteiger partial charge in [0.15, 0.2) is 0 Å². The van der Waals surface area contributed by atoms with Gasteiger partial charge >= 0.3 is 0 Å². The van der Waals surface area contributed by atoms with Crippen molar-refractivity contribution in [1.29, 1.82) is 0 Å². The normalized spacial score (nSPS) is 12.4. The van der Waals surface area contributed by atoms with Gasteiger partial charge in [-0.15, -0.1) is 11.3 Å². The summed E-state index contributed by atoms with van der Waals surface area (Å²) < 4.78 is 12.6. The van der Waals surface area contributed by atoms with Gasteiger partial charge in [0.2, 0.25) is 0 Å². The number of nitrogens with one attached hydrogen (secondary N) is 1. The molecule has 2 aromatic heterocycles. The zero-order chi connectivity index (χ0) is 11.5. The fraction of sp³-hybridized carbons (Fsp3) is 0.273. The maximum atomic E-state index is 12.6. The maximum absolute atomic E-state index is 12.6. The molecule has 3 nitrogen and oxygen atoms in total. The first-order chi connectivity index (χ1) is 7.65. The second kappa shape index (κ2) is 4.57. The number of aryl methyl sites for hydroxylation is 1. The predicted molar refractivity (Wildman–Crippen MR) is 63.1 cm³/mol. The van der Waals surface area contributed by atoms with Crippen LogP contribution in [-0.2, 0) is 0 Å². The van der Waals surface area contributed by atoms with Gasteiger partial charge in [0, 0.05) is 11.1 Å². The fourth-order valence-corrected chi connectivity index (χ4v) is 2.12. The van der Waals surface area contributed by atoms with E-state index in [4.69, 9.17) is 0 Å². The second-order valence-electron chi connectivity index (χ2n) is 3.55. The van der Waals surface area contributed by atoms with E-state index in [0.717, 1.165) is 10.7 Å². The number of hydrogen-bond donors (Lipinski definition) is 1. The van der Waals surface area contributed by atoms with Gasteiger partial charge in [-0.25, -0.2) is 14.4 Å². The van der Waals surface area contributed by atoms with Gasteiger partial charge in [-0.2, -0.15) is 0 Å². The standard InChI is InChI=1S/C11H12FN3S/c1-7-6-16-11(14-7)8(2)15-10-4-3-9(12)5-13-10/h3-6,8H,1-2H3,(H,13,15). The summed E-state index contributed by atoms with van der Waals surface area (Å²) in [5, 5.41) is 6.18. The summed E-state index contributed by atoms with van der Waals surface area (Å²) >= 11 is 1.60. The van der Waals surface area contributed by atoms with Crippen LogP contribution in [0.25, 0.3) is 0 Å². The molecule has 0 aromatic carbocycles. The number of hydrogen-bond acceptors (Lipinski definition) is 4. The Morgan fingerprint density at radius 1 is 1.44 bits per heavy atom. The van der Waals surface area contributed by atoms with E-state index in [0.29, 0.717) is 5.82 Å². The highest BCUT2D eigenvalue weighted by Gasteiger charge is 2.09. The molecule has 0 bridgehead atoms. The molecule has 5 heteroatoms. The number of rotatable bonds is 3. The molecule has 2 rings (SSSR count). The van der Waals surface area contributed by atoms with Crippen molar-refractivity contribution in [1.82, 2.24) is 9.97 Å². The molecular weight excluding hydrogens is 225 g/mol. The highest BCUT2D eigenvalue weighted by molar-refractivity contribution is 7.09. The van der Waals surface area contributed by atoms with Crippen LogP contribution in [0, 0.1) is 12.7 Å². The highest BCUT2D eigenvalue weighted by atomic mass is 32.1. The van der Waals surface area contributed by atoms with Gasteiger partial charge in [-0.3, -0.25) is 0 Å². The topological polar surface area (TPSA) is 37.8 Å². The molecule has 0 aliphatic rings. The van der Waals surface area contributed by atoms with Crippen molar-refractivity contribution in [3.05, 3.63) is 40.2 Å². The van der Waals surface area contributed by atoms with Crippen molar-refractivity contribution in [2.45, 2.75) is 19.9 Å². The number of halogens is 1. The lowest BCUT2D eigenvalue weighted by atomic mass is 10.3. The molecule has 1 N–H and O–H groups in total. The molecule has 0 radical (unpaired) electrons. The van der Waals surface area contributed by atoms with Crippen LogP contribution in [-0.4, -0.2) is 9.97 Å². The molecule has 0 aliphatic carbocycles. The molecule has 0 saturated carbocycles. The summed E-state index contributed by atoms with van der Waals surface area (Å²) in [4.78, 5) is 8.32. The summed E-state index contributed by atoms with van der Waals surface area (Å²) in [7, 11) is 0. The SMILES string of the molecule is Cc1csc(C(C)Nc2ccc(F)cn2)n1. The minimum Gasteiger partial charge on any atom is -0.361 e.